The second-order valence-electron chi connectivity index (χ2n) is 5.05. The molecule has 108 valence electrons. The van der Waals surface area contributed by atoms with Gasteiger partial charge in [-0.3, -0.25) is 0 Å². The molecule has 2 heterocycles. The molecule has 2 rings (SSSR count). The Hall–Kier alpha value is -1.49. The maximum atomic E-state index is 12.5. The van der Waals surface area contributed by atoms with Crippen LogP contribution in [0.1, 0.15) is 18.5 Å². The highest BCUT2D eigenvalue weighted by Crippen LogP contribution is 2.21. The number of aromatic nitrogens is 1. The first kappa shape index (κ1) is 14.9. The molecule has 7 heteroatoms. The standard InChI is InChI=1S/C13H18N4O2S/c1-16-7-5-12(6-8-16)17(2)20(18,19)13-4-3-11(9-14)15-10-13/h3-4,10,12H,5-8H2,1-2H3. The molecule has 0 aromatic carbocycles. The van der Waals surface area contributed by atoms with Crippen LogP contribution < -0.4 is 0 Å². The Kier molecular flexibility index (Phi) is 4.38. The third-order valence-electron chi connectivity index (χ3n) is 3.73. The van der Waals surface area contributed by atoms with Crippen LogP contribution in [0.3, 0.4) is 0 Å². The molecule has 0 saturated carbocycles. The molecule has 1 aromatic rings. The van der Waals surface area contributed by atoms with Gasteiger partial charge in [0.2, 0.25) is 10.0 Å². The summed E-state index contributed by atoms with van der Waals surface area (Å²) < 4.78 is 26.4. The highest BCUT2D eigenvalue weighted by molar-refractivity contribution is 7.89. The number of nitriles is 1. The molecule has 0 radical (unpaired) electrons. The minimum absolute atomic E-state index is 0.0202. The Balaban J connectivity index is 2.18. The van der Waals surface area contributed by atoms with Crippen LogP contribution in [0.25, 0.3) is 0 Å². The zero-order valence-corrected chi connectivity index (χ0v) is 12.5. The van der Waals surface area contributed by atoms with Crippen molar-refractivity contribution >= 4 is 10.0 Å². The van der Waals surface area contributed by atoms with Crippen LogP contribution in [0, 0.1) is 11.3 Å². The Morgan fingerprint density at radius 3 is 2.55 bits per heavy atom. The lowest BCUT2D eigenvalue weighted by molar-refractivity contribution is 0.197. The second kappa shape index (κ2) is 5.87. The van der Waals surface area contributed by atoms with Gasteiger partial charge in [0.1, 0.15) is 16.7 Å². The van der Waals surface area contributed by atoms with Gasteiger partial charge in [-0.05, 0) is 45.1 Å². The summed E-state index contributed by atoms with van der Waals surface area (Å²) in [4.78, 5) is 6.16. The average Bonchev–Trinajstić information content (AvgIpc) is 2.47. The van der Waals surface area contributed by atoms with Crippen LogP contribution in [0.15, 0.2) is 23.2 Å². The fraction of sp³-hybridized carbons (Fsp3) is 0.538. The number of hydrogen-bond acceptors (Lipinski definition) is 5. The predicted molar refractivity (Wildman–Crippen MR) is 74.4 cm³/mol. The van der Waals surface area contributed by atoms with Gasteiger partial charge in [0.15, 0.2) is 0 Å². The van der Waals surface area contributed by atoms with E-state index in [1.54, 1.807) is 7.05 Å². The number of nitrogens with zero attached hydrogens (tertiary/aromatic N) is 4. The lowest BCUT2D eigenvalue weighted by Crippen LogP contribution is -2.44. The van der Waals surface area contributed by atoms with Gasteiger partial charge in [0, 0.05) is 19.3 Å². The zero-order chi connectivity index (χ0) is 14.8. The molecule has 0 unspecified atom stereocenters. The molecular weight excluding hydrogens is 276 g/mol. The van der Waals surface area contributed by atoms with Crippen molar-refractivity contribution in [1.29, 1.82) is 5.26 Å². The molecule has 0 spiro atoms. The summed E-state index contributed by atoms with van der Waals surface area (Å²) in [5, 5.41) is 8.69. The summed E-state index contributed by atoms with van der Waals surface area (Å²) in [6, 6.07) is 4.76. The third kappa shape index (κ3) is 2.98. The summed E-state index contributed by atoms with van der Waals surface area (Å²) in [6.45, 7) is 1.80. The van der Waals surface area contributed by atoms with Crippen LogP contribution in [-0.2, 0) is 10.0 Å². The van der Waals surface area contributed by atoms with Crippen molar-refractivity contribution in [2.24, 2.45) is 0 Å². The number of rotatable bonds is 3. The molecule has 20 heavy (non-hydrogen) atoms. The topological polar surface area (TPSA) is 77.3 Å². The molecule has 0 bridgehead atoms. The van der Waals surface area contributed by atoms with E-state index in [0.29, 0.717) is 0 Å². The van der Waals surface area contributed by atoms with Gasteiger partial charge in [0.05, 0.1) is 0 Å². The molecular formula is C13H18N4O2S. The smallest absolute Gasteiger partial charge is 0.244 e. The Morgan fingerprint density at radius 1 is 1.40 bits per heavy atom. The fourth-order valence-corrected chi connectivity index (χ4v) is 3.68. The van der Waals surface area contributed by atoms with Gasteiger partial charge in [-0.2, -0.15) is 9.57 Å². The number of hydrogen-bond donors (Lipinski definition) is 0. The lowest BCUT2D eigenvalue weighted by Gasteiger charge is -2.34. The Morgan fingerprint density at radius 2 is 2.05 bits per heavy atom. The summed E-state index contributed by atoms with van der Waals surface area (Å²) in [6.07, 6.45) is 2.91. The minimum atomic E-state index is -3.54. The molecule has 1 aliphatic heterocycles. The van der Waals surface area contributed by atoms with E-state index in [9.17, 15) is 8.42 Å². The van der Waals surface area contributed by atoms with Crippen molar-refractivity contribution in [3.8, 4) is 6.07 Å². The van der Waals surface area contributed by atoms with Crippen LogP contribution in [0.5, 0.6) is 0 Å². The molecule has 1 aliphatic rings. The van der Waals surface area contributed by atoms with Gasteiger partial charge in [-0.25, -0.2) is 13.4 Å². The minimum Gasteiger partial charge on any atom is -0.306 e. The highest BCUT2D eigenvalue weighted by atomic mass is 32.2. The predicted octanol–water partition coefficient (Wildman–Crippen LogP) is 0.668. The van der Waals surface area contributed by atoms with Crippen molar-refractivity contribution in [3.63, 3.8) is 0 Å². The molecule has 0 N–H and O–H groups in total. The van der Waals surface area contributed by atoms with E-state index in [4.69, 9.17) is 5.26 Å². The van der Waals surface area contributed by atoms with E-state index in [-0.39, 0.29) is 16.6 Å². The third-order valence-corrected chi connectivity index (χ3v) is 5.62. The number of sulfonamides is 1. The van der Waals surface area contributed by atoms with E-state index in [1.807, 2.05) is 13.1 Å². The molecule has 0 aliphatic carbocycles. The first-order valence-electron chi connectivity index (χ1n) is 6.48. The van der Waals surface area contributed by atoms with E-state index in [0.717, 1.165) is 25.9 Å². The van der Waals surface area contributed by atoms with Gasteiger partial charge in [-0.1, -0.05) is 0 Å². The van der Waals surface area contributed by atoms with E-state index >= 15 is 0 Å². The van der Waals surface area contributed by atoms with Crippen LogP contribution in [0.4, 0.5) is 0 Å². The lowest BCUT2D eigenvalue weighted by atomic mass is 10.1. The largest absolute Gasteiger partial charge is 0.306 e. The van der Waals surface area contributed by atoms with E-state index in [2.05, 4.69) is 9.88 Å². The van der Waals surface area contributed by atoms with Crippen LogP contribution in [-0.4, -0.2) is 55.8 Å². The van der Waals surface area contributed by atoms with Crippen LogP contribution in [0.2, 0.25) is 0 Å². The quantitative estimate of drug-likeness (QED) is 0.819. The van der Waals surface area contributed by atoms with E-state index in [1.165, 1.54) is 22.6 Å². The normalized spacial score (nSPS) is 18.1. The molecule has 1 fully saturated rings. The average molecular weight is 294 g/mol. The summed E-state index contributed by atoms with van der Waals surface area (Å²) in [5.74, 6) is 0. The van der Waals surface area contributed by atoms with Gasteiger partial charge in [-0.15, -0.1) is 0 Å². The highest BCUT2D eigenvalue weighted by Gasteiger charge is 2.30. The number of pyridine rings is 1. The van der Waals surface area contributed by atoms with E-state index < -0.39 is 10.0 Å². The van der Waals surface area contributed by atoms with Crippen molar-refractivity contribution in [3.05, 3.63) is 24.0 Å². The first-order chi connectivity index (χ1) is 9.45. The zero-order valence-electron chi connectivity index (χ0n) is 11.7. The number of piperidine rings is 1. The van der Waals surface area contributed by atoms with Gasteiger partial charge < -0.3 is 4.90 Å². The molecule has 1 saturated heterocycles. The SMILES string of the molecule is CN1CCC(N(C)S(=O)(=O)c2ccc(C#N)nc2)CC1. The molecule has 1 aromatic heterocycles. The van der Waals surface area contributed by atoms with Crippen LogP contribution >= 0.6 is 0 Å². The van der Waals surface area contributed by atoms with Crippen molar-refractivity contribution in [1.82, 2.24) is 14.2 Å². The maximum Gasteiger partial charge on any atom is 0.244 e. The fourth-order valence-electron chi connectivity index (χ4n) is 2.32. The molecule has 0 atom stereocenters. The van der Waals surface area contributed by atoms with Crippen molar-refractivity contribution < 1.29 is 8.42 Å². The Labute approximate surface area is 119 Å². The summed E-state index contributed by atoms with van der Waals surface area (Å²) in [7, 11) is 0.113. The molecule has 6 nitrogen and oxygen atoms in total. The van der Waals surface area contributed by atoms with Gasteiger partial charge >= 0.3 is 0 Å². The summed E-state index contributed by atoms with van der Waals surface area (Å²) >= 11 is 0. The second-order valence-corrected chi connectivity index (χ2v) is 7.04. The van der Waals surface area contributed by atoms with Crippen molar-refractivity contribution in [2.45, 2.75) is 23.8 Å². The first-order valence-corrected chi connectivity index (χ1v) is 7.92. The monoisotopic (exact) mass is 294 g/mol. The maximum absolute atomic E-state index is 12.5. The van der Waals surface area contributed by atoms with Gasteiger partial charge in [0.25, 0.3) is 0 Å². The molecule has 0 amide bonds. The van der Waals surface area contributed by atoms with Crippen molar-refractivity contribution in [2.75, 3.05) is 27.2 Å². The summed E-state index contributed by atoms with van der Waals surface area (Å²) in [5.41, 5.74) is 0.214. The Bertz CT molecular complexity index is 598. The number of likely N-dealkylation sites (tertiary alicyclic amines) is 1.